The smallest absolute Gasteiger partial charge is 0.245 e. The number of rotatable bonds is 7. The zero-order valence-electron chi connectivity index (χ0n) is 24.0. The van der Waals surface area contributed by atoms with Gasteiger partial charge >= 0.3 is 0 Å². The van der Waals surface area contributed by atoms with Gasteiger partial charge in [-0.2, -0.15) is 5.10 Å². The Labute approximate surface area is 239 Å². The molecule has 210 valence electrons. The first kappa shape index (κ1) is 26.8. The van der Waals surface area contributed by atoms with Crippen molar-refractivity contribution in [1.29, 1.82) is 0 Å². The van der Waals surface area contributed by atoms with Gasteiger partial charge in [0, 0.05) is 36.3 Å². The van der Waals surface area contributed by atoms with Crippen LogP contribution < -0.4 is 5.32 Å². The van der Waals surface area contributed by atoms with Crippen molar-refractivity contribution >= 4 is 28.5 Å². The third-order valence-electron chi connectivity index (χ3n) is 8.65. The number of benzene rings is 2. The van der Waals surface area contributed by atoms with E-state index in [4.69, 9.17) is 0 Å². The van der Waals surface area contributed by atoms with Crippen LogP contribution in [0, 0.1) is 19.3 Å². The number of Topliss-reactive ketones (excluding diaryl/α,β-unsaturated/α-hetero) is 1. The number of hydrogen-bond acceptors (Lipinski definition) is 6. The molecule has 9 nitrogen and oxygen atoms in total. The lowest BCUT2D eigenvalue weighted by atomic mass is 10.0. The Morgan fingerprint density at radius 1 is 1.05 bits per heavy atom. The van der Waals surface area contributed by atoms with E-state index >= 15 is 0 Å². The SMILES string of the molecule is CC(=O)c1nn(CC(=O)N2[C@H](C(=O)NC(C)c3ccccc3)C[C@@]3(C)C[C@@H]23)c2c(C)cc(-c3cnc(C)nc3)cc12. The standard InChI is InChI=1S/C32H34N6O3/c1-18-11-23(24-15-33-21(4)34-16-24)12-25-29(20(3)39)36-37(30(18)25)17-28(40)38-26(13-32(5)14-27(32)38)31(41)35-19(2)22-9-7-6-8-10-22/h6-12,15-16,19,26-27H,13-14,17H2,1-5H3,(H,35,41)/t19?,26-,27+,32-/m0/s1. The maximum Gasteiger partial charge on any atom is 0.245 e. The quantitative estimate of drug-likeness (QED) is 0.338. The van der Waals surface area contributed by atoms with Gasteiger partial charge in [0.1, 0.15) is 24.1 Å². The summed E-state index contributed by atoms with van der Waals surface area (Å²) in [6.45, 7) is 9.30. The molecule has 2 fully saturated rings. The van der Waals surface area contributed by atoms with Crippen LogP contribution >= 0.6 is 0 Å². The van der Waals surface area contributed by atoms with E-state index in [1.807, 2.05) is 63.2 Å². The summed E-state index contributed by atoms with van der Waals surface area (Å²) in [7, 11) is 0. The van der Waals surface area contributed by atoms with Gasteiger partial charge in [0.25, 0.3) is 0 Å². The average molecular weight is 551 g/mol. The normalized spacial score (nSPS) is 21.9. The number of amides is 2. The molecule has 2 aliphatic rings. The molecular weight excluding hydrogens is 516 g/mol. The van der Waals surface area contributed by atoms with Crippen LogP contribution in [0.25, 0.3) is 22.0 Å². The van der Waals surface area contributed by atoms with Crippen molar-refractivity contribution in [2.75, 3.05) is 0 Å². The van der Waals surface area contributed by atoms with E-state index in [2.05, 4.69) is 27.3 Å². The number of nitrogens with zero attached hydrogens (tertiary/aromatic N) is 5. The monoisotopic (exact) mass is 550 g/mol. The zero-order chi connectivity index (χ0) is 29.1. The van der Waals surface area contributed by atoms with Gasteiger partial charge in [-0.25, -0.2) is 9.97 Å². The Morgan fingerprint density at radius 2 is 1.76 bits per heavy atom. The van der Waals surface area contributed by atoms with E-state index in [1.165, 1.54) is 6.92 Å². The van der Waals surface area contributed by atoms with Gasteiger partial charge in [-0.3, -0.25) is 19.1 Å². The molecule has 2 aromatic heterocycles. The van der Waals surface area contributed by atoms with Gasteiger partial charge in [-0.1, -0.05) is 37.3 Å². The minimum atomic E-state index is -0.541. The number of carbonyl (C=O) groups is 3. The van der Waals surface area contributed by atoms with Crippen molar-refractivity contribution in [1.82, 2.24) is 30.0 Å². The zero-order valence-corrected chi connectivity index (χ0v) is 24.0. The number of piperidine rings is 1. The molecule has 1 unspecified atom stereocenters. The summed E-state index contributed by atoms with van der Waals surface area (Å²) in [4.78, 5) is 50.4. The molecule has 0 radical (unpaired) electrons. The van der Waals surface area contributed by atoms with Crippen molar-refractivity contribution in [2.45, 2.75) is 72.1 Å². The first-order valence-electron chi connectivity index (χ1n) is 14.0. The average Bonchev–Trinajstić information content (AvgIpc) is 3.30. The van der Waals surface area contributed by atoms with Gasteiger partial charge in [-0.05, 0) is 67.9 Å². The van der Waals surface area contributed by atoms with Crippen LogP contribution in [0.2, 0.25) is 0 Å². The van der Waals surface area contributed by atoms with E-state index in [0.717, 1.165) is 34.2 Å². The molecule has 9 heteroatoms. The topological polar surface area (TPSA) is 110 Å². The van der Waals surface area contributed by atoms with E-state index in [0.29, 0.717) is 23.3 Å². The van der Waals surface area contributed by atoms with Gasteiger partial charge < -0.3 is 10.2 Å². The highest BCUT2D eigenvalue weighted by Gasteiger charge is 2.64. The van der Waals surface area contributed by atoms with E-state index in [1.54, 1.807) is 22.0 Å². The van der Waals surface area contributed by atoms with Crippen LogP contribution in [0.3, 0.4) is 0 Å². The van der Waals surface area contributed by atoms with Crippen LogP contribution in [0.5, 0.6) is 0 Å². The van der Waals surface area contributed by atoms with E-state index in [-0.39, 0.29) is 41.6 Å². The minimum Gasteiger partial charge on any atom is -0.348 e. The number of likely N-dealkylation sites (tertiary alicyclic amines) is 1. The Bertz CT molecular complexity index is 1680. The first-order valence-corrected chi connectivity index (χ1v) is 14.0. The van der Waals surface area contributed by atoms with Crippen LogP contribution in [-0.2, 0) is 16.1 Å². The Morgan fingerprint density at radius 3 is 2.44 bits per heavy atom. The minimum absolute atomic E-state index is 0.0288. The molecular formula is C32H34N6O3. The molecule has 3 heterocycles. The second-order valence-electron chi connectivity index (χ2n) is 11.8. The lowest BCUT2D eigenvalue weighted by molar-refractivity contribution is -0.140. The highest BCUT2D eigenvalue weighted by Crippen LogP contribution is 2.59. The molecule has 4 aromatic rings. The van der Waals surface area contributed by atoms with Crippen molar-refractivity contribution in [3.8, 4) is 11.1 Å². The Hall–Kier alpha value is -4.40. The fraction of sp³-hybridized carbons (Fsp3) is 0.375. The Kier molecular flexibility index (Phi) is 6.47. The lowest BCUT2D eigenvalue weighted by Crippen LogP contribution is -2.49. The molecule has 1 aliphatic carbocycles. The third kappa shape index (κ3) is 4.79. The molecule has 0 spiro atoms. The number of aromatic nitrogens is 4. The van der Waals surface area contributed by atoms with Crippen molar-refractivity contribution < 1.29 is 14.4 Å². The summed E-state index contributed by atoms with van der Waals surface area (Å²) in [5.41, 5.74) is 4.61. The van der Waals surface area contributed by atoms with E-state index < -0.39 is 6.04 Å². The van der Waals surface area contributed by atoms with Crippen molar-refractivity contribution in [2.24, 2.45) is 5.41 Å². The molecule has 0 bridgehead atoms. The fourth-order valence-electron chi connectivity index (χ4n) is 6.31. The van der Waals surface area contributed by atoms with Crippen LogP contribution in [0.4, 0.5) is 0 Å². The van der Waals surface area contributed by atoms with Crippen LogP contribution in [0.15, 0.2) is 54.9 Å². The van der Waals surface area contributed by atoms with Gasteiger partial charge in [0.15, 0.2) is 5.78 Å². The van der Waals surface area contributed by atoms with Crippen LogP contribution in [0.1, 0.15) is 67.1 Å². The van der Waals surface area contributed by atoms with E-state index in [9.17, 15) is 14.4 Å². The second kappa shape index (κ2) is 9.90. The molecule has 41 heavy (non-hydrogen) atoms. The summed E-state index contributed by atoms with van der Waals surface area (Å²) in [5.74, 6) is 0.191. The van der Waals surface area contributed by atoms with Crippen molar-refractivity contribution in [3.05, 3.63) is 77.5 Å². The molecule has 1 aliphatic heterocycles. The molecule has 1 saturated carbocycles. The number of aryl methyl sites for hydroxylation is 2. The van der Waals surface area contributed by atoms with Gasteiger partial charge in [0.2, 0.25) is 11.8 Å². The molecule has 1 N–H and O–H groups in total. The summed E-state index contributed by atoms with van der Waals surface area (Å²) in [5, 5.41) is 8.41. The third-order valence-corrected chi connectivity index (χ3v) is 8.65. The maximum absolute atomic E-state index is 13.9. The molecule has 4 atom stereocenters. The molecule has 2 aromatic carbocycles. The van der Waals surface area contributed by atoms with Crippen molar-refractivity contribution in [3.63, 3.8) is 0 Å². The number of nitrogens with one attached hydrogen (secondary N) is 1. The number of fused-ring (bicyclic) bond motifs is 2. The van der Waals surface area contributed by atoms with Gasteiger partial charge in [-0.15, -0.1) is 0 Å². The predicted octanol–water partition coefficient (Wildman–Crippen LogP) is 4.57. The summed E-state index contributed by atoms with van der Waals surface area (Å²) < 4.78 is 1.62. The molecule has 6 rings (SSSR count). The maximum atomic E-state index is 13.9. The summed E-state index contributed by atoms with van der Waals surface area (Å²) in [6.07, 6.45) is 5.04. The Balaban J connectivity index is 1.29. The first-order chi connectivity index (χ1) is 19.6. The lowest BCUT2D eigenvalue weighted by Gasteiger charge is -2.28. The molecule has 2 amide bonds. The number of hydrogen-bond donors (Lipinski definition) is 1. The summed E-state index contributed by atoms with van der Waals surface area (Å²) in [6, 6.07) is 13.0. The summed E-state index contributed by atoms with van der Waals surface area (Å²) >= 11 is 0. The van der Waals surface area contributed by atoms with Gasteiger partial charge in [0.05, 0.1) is 11.6 Å². The number of carbonyl (C=O) groups excluding carboxylic acids is 3. The largest absolute Gasteiger partial charge is 0.348 e. The predicted molar refractivity (Wildman–Crippen MR) is 155 cm³/mol. The van der Waals surface area contributed by atoms with Crippen LogP contribution in [-0.4, -0.2) is 54.3 Å². The highest BCUT2D eigenvalue weighted by molar-refractivity contribution is 6.07. The fourth-order valence-corrected chi connectivity index (χ4v) is 6.31. The highest BCUT2D eigenvalue weighted by atomic mass is 16.2. The molecule has 1 saturated heterocycles. The second-order valence-corrected chi connectivity index (χ2v) is 11.8. The number of ketones is 1.